The average Bonchev–Trinajstić information content (AvgIpc) is 2.84. The van der Waals surface area contributed by atoms with Gasteiger partial charge in [-0.25, -0.2) is 14.4 Å². The average molecular weight is 483 g/mol. The number of carbonyl (C=O) groups is 1. The summed E-state index contributed by atoms with van der Waals surface area (Å²) in [6, 6.07) is 8.49. The molecule has 10 heteroatoms. The lowest BCUT2D eigenvalue weighted by atomic mass is 10.0. The van der Waals surface area contributed by atoms with Crippen molar-refractivity contribution in [3.05, 3.63) is 76.8 Å². The summed E-state index contributed by atoms with van der Waals surface area (Å²) < 4.78 is 19.4. The minimum Gasteiger partial charge on any atom is -0.405 e. The number of nitrogens with two attached hydrogens (primary N) is 1. The van der Waals surface area contributed by atoms with E-state index in [0.717, 1.165) is 18.2 Å². The molecule has 0 bridgehead atoms. The lowest BCUT2D eigenvalue weighted by molar-refractivity contribution is 0.0903. The van der Waals surface area contributed by atoms with Crippen molar-refractivity contribution in [3.63, 3.8) is 0 Å². The summed E-state index contributed by atoms with van der Waals surface area (Å²) in [6.07, 6.45) is 5.97. The quantitative estimate of drug-likeness (QED) is 0.377. The van der Waals surface area contributed by atoms with E-state index in [2.05, 4.69) is 20.6 Å². The van der Waals surface area contributed by atoms with Crippen molar-refractivity contribution < 1.29 is 13.9 Å². The molecule has 1 aromatic heterocycles. The van der Waals surface area contributed by atoms with Crippen LogP contribution in [-0.4, -0.2) is 40.8 Å². The molecule has 1 atom stereocenters. The van der Waals surface area contributed by atoms with Gasteiger partial charge in [0, 0.05) is 36.4 Å². The van der Waals surface area contributed by atoms with Crippen molar-refractivity contribution in [2.45, 2.75) is 24.9 Å². The number of halogens is 2. The van der Waals surface area contributed by atoms with Crippen LogP contribution < -0.4 is 16.4 Å². The molecule has 0 unspecified atom stereocenters. The van der Waals surface area contributed by atoms with Crippen LogP contribution in [0.1, 0.15) is 34.8 Å². The van der Waals surface area contributed by atoms with Crippen molar-refractivity contribution in [3.8, 4) is 0 Å². The van der Waals surface area contributed by atoms with Crippen LogP contribution in [0.3, 0.4) is 0 Å². The Kier molecular flexibility index (Phi) is 7.34. The molecule has 1 fully saturated rings. The van der Waals surface area contributed by atoms with Crippen LogP contribution in [0.5, 0.6) is 0 Å². The van der Waals surface area contributed by atoms with Crippen LogP contribution in [0.2, 0.25) is 5.02 Å². The molecule has 176 valence electrons. The molecule has 0 saturated carbocycles. The number of aromatic nitrogens is 2. The number of ether oxygens (including phenoxy) is 1. The second-order valence-electron chi connectivity index (χ2n) is 7.89. The van der Waals surface area contributed by atoms with Gasteiger partial charge in [0.15, 0.2) is 0 Å². The maximum absolute atomic E-state index is 14.0. The Labute approximate surface area is 200 Å². The number of hydrogen-bond donors (Lipinski definition) is 4. The Bertz CT molecular complexity index is 1250. The molecule has 3 aromatic rings. The first-order valence-electron chi connectivity index (χ1n) is 10.8. The van der Waals surface area contributed by atoms with Gasteiger partial charge in [-0.2, -0.15) is 0 Å². The standard InChI is InChI=1S/C24H24ClFN6O2/c25-18-4-3-14(11-19(18)26)22(20(28)5-8-27)32-23(33)15-1-2-16-13-29-24(31-21(16)12-15)30-17-6-9-34-10-7-17/h1-5,8,11-13,17,22,28H,6-7,9-10,27H2,(H,32,33)(H,29,30,31)/b8-5-,28-20?/t22-/m0/s1. The first-order chi connectivity index (χ1) is 16.4. The first kappa shape index (κ1) is 23.6. The van der Waals surface area contributed by atoms with Crippen LogP contribution in [0.25, 0.3) is 10.9 Å². The van der Waals surface area contributed by atoms with Gasteiger partial charge < -0.3 is 26.5 Å². The minimum atomic E-state index is -0.925. The zero-order valence-corrected chi connectivity index (χ0v) is 19.0. The molecule has 5 N–H and O–H groups in total. The summed E-state index contributed by atoms with van der Waals surface area (Å²) in [5.41, 5.74) is 6.72. The summed E-state index contributed by atoms with van der Waals surface area (Å²) in [5.74, 6) is -0.605. The summed E-state index contributed by atoms with van der Waals surface area (Å²) in [6.45, 7) is 1.39. The third kappa shape index (κ3) is 5.49. The summed E-state index contributed by atoms with van der Waals surface area (Å²) in [7, 11) is 0. The summed E-state index contributed by atoms with van der Waals surface area (Å²) in [4.78, 5) is 22.0. The molecule has 0 aliphatic carbocycles. The summed E-state index contributed by atoms with van der Waals surface area (Å²) >= 11 is 5.78. The third-order valence-electron chi connectivity index (χ3n) is 5.54. The van der Waals surface area contributed by atoms with E-state index in [1.165, 1.54) is 24.4 Å². The molecule has 1 aliphatic rings. The second-order valence-corrected chi connectivity index (χ2v) is 8.30. The number of amides is 1. The van der Waals surface area contributed by atoms with Crippen LogP contribution in [0.15, 0.2) is 54.9 Å². The number of hydrogen-bond acceptors (Lipinski definition) is 7. The number of rotatable bonds is 7. The molecule has 1 aliphatic heterocycles. The van der Waals surface area contributed by atoms with Crippen molar-refractivity contribution in [1.29, 1.82) is 5.41 Å². The van der Waals surface area contributed by atoms with E-state index < -0.39 is 17.8 Å². The van der Waals surface area contributed by atoms with Gasteiger partial charge >= 0.3 is 0 Å². The van der Waals surface area contributed by atoms with Gasteiger partial charge in [0.2, 0.25) is 5.95 Å². The number of nitrogens with one attached hydrogen (secondary N) is 3. The lowest BCUT2D eigenvalue weighted by Gasteiger charge is -2.23. The normalized spacial score (nSPS) is 15.4. The van der Waals surface area contributed by atoms with Crippen LogP contribution in [0, 0.1) is 11.2 Å². The van der Waals surface area contributed by atoms with Crippen molar-refractivity contribution >= 4 is 40.1 Å². The predicted molar refractivity (Wildman–Crippen MR) is 130 cm³/mol. The van der Waals surface area contributed by atoms with Crippen LogP contribution in [0.4, 0.5) is 10.3 Å². The highest BCUT2D eigenvalue weighted by Crippen LogP contribution is 2.23. The van der Waals surface area contributed by atoms with Gasteiger partial charge in [0.25, 0.3) is 5.91 Å². The fourth-order valence-electron chi connectivity index (χ4n) is 3.71. The Hall–Kier alpha value is -3.56. The Morgan fingerprint density at radius 2 is 2.06 bits per heavy atom. The summed E-state index contributed by atoms with van der Waals surface area (Å²) in [5, 5.41) is 15.1. The van der Waals surface area contributed by atoms with Gasteiger partial charge in [-0.3, -0.25) is 4.79 Å². The zero-order valence-electron chi connectivity index (χ0n) is 18.2. The van der Waals surface area contributed by atoms with E-state index in [1.54, 1.807) is 30.5 Å². The Morgan fingerprint density at radius 1 is 1.26 bits per heavy atom. The minimum absolute atomic E-state index is 0.0105. The predicted octanol–water partition coefficient (Wildman–Crippen LogP) is 3.98. The Morgan fingerprint density at radius 3 is 2.79 bits per heavy atom. The van der Waals surface area contributed by atoms with Crippen LogP contribution >= 0.6 is 11.6 Å². The lowest BCUT2D eigenvalue weighted by Crippen LogP contribution is -2.33. The van der Waals surface area contributed by atoms with E-state index in [-0.39, 0.29) is 16.8 Å². The van der Waals surface area contributed by atoms with Gasteiger partial charge in [-0.1, -0.05) is 23.7 Å². The van der Waals surface area contributed by atoms with Gasteiger partial charge in [-0.05, 0) is 54.9 Å². The number of carbonyl (C=O) groups excluding carboxylic acids is 1. The van der Waals surface area contributed by atoms with E-state index in [0.29, 0.717) is 35.8 Å². The monoisotopic (exact) mass is 482 g/mol. The molecule has 0 spiro atoms. The second kappa shape index (κ2) is 10.6. The largest absolute Gasteiger partial charge is 0.405 e. The van der Waals surface area contributed by atoms with Crippen LogP contribution in [-0.2, 0) is 4.74 Å². The number of fused-ring (bicyclic) bond motifs is 1. The van der Waals surface area contributed by atoms with Crippen molar-refractivity contribution in [2.24, 2.45) is 5.73 Å². The fourth-order valence-corrected chi connectivity index (χ4v) is 3.82. The van der Waals surface area contributed by atoms with Crippen molar-refractivity contribution in [1.82, 2.24) is 15.3 Å². The molecule has 2 heterocycles. The molecule has 2 aromatic carbocycles. The molecule has 34 heavy (non-hydrogen) atoms. The molecular weight excluding hydrogens is 459 g/mol. The Balaban J connectivity index is 1.57. The molecule has 8 nitrogen and oxygen atoms in total. The highest BCUT2D eigenvalue weighted by Gasteiger charge is 2.21. The smallest absolute Gasteiger partial charge is 0.252 e. The van der Waals surface area contributed by atoms with E-state index >= 15 is 0 Å². The molecular formula is C24H24ClFN6O2. The highest BCUT2D eigenvalue weighted by atomic mass is 35.5. The molecule has 1 amide bonds. The number of benzene rings is 2. The number of nitrogens with zero attached hydrogens (tertiary/aromatic N) is 2. The zero-order chi connectivity index (χ0) is 24.1. The van der Waals surface area contributed by atoms with E-state index in [4.69, 9.17) is 27.5 Å². The first-order valence-corrected chi connectivity index (χ1v) is 11.2. The van der Waals surface area contributed by atoms with Gasteiger partial charge in [-0.15, -0.1) is 0 Å². The maximum atomic E-state index is 14.0. The molecule has 0 radical (unpaired) electrons. The van der Waals surface area contributed by atoms with Crippen molar-refractivity contribution in [2.75, 3.05) is 18.5 Å². The number of anilines is 1. The topological polar surface area (TPSA) is 126 Å². The van der Waals surface area contributed by atoms with E-state index in [1.807, 2.05) is 0 Å². The van der Waals surface area contributed by atoms with E-state index in [9.17, 15) is 9.18 Å². The SMILES string of the molecule is N=C(/C=C\N)[C@@H](NC(=O)c1ccc2cnc(NC3CCOCC3)nc2c1)c1ccc(Cl)c(F)c1. The fraction of sp³-hybridized carbons (Fsp3) is 0.250. The third-order valence-corrected chi connectivity index (χ3v) is 5.85. The van der Waals surface area contributed by atoms with Gasteiger partial charge in [0.1, 0.15) is 5.82 Å². The molecule has 4 rings (SSSR count). The maximum Gasteiger partial charge on any atom is 0.252 e. The van der Waals surface area contributed by atoms with Gasteiger partial charge in [0.05, 0.1) is 22.3 Å². The molecule has 1 saturated heterocycles. The highest BCUT2D eigenvalue weighted by molar-refractivity contribution is 6.30.